The maximum atomic E-state index is 12.9. The minimum absolute atomic E-state index is 0.111. The monoisotopic (exact) mass is 433 g/mol. The maximum absolute atomic E-state index is 12.9. The molecule has 1 aromatic carbocycles. The van der Waals surface area contributed by atoms with Crippen LogP contribution in [0.4, 0.5) is 5.95 Å². The van der Waals surface area contributed by atoms with Gasteiger partial charge in [-0.25, -0.2) is 9.97 Å². The third kappa shape index (κ3) is 5.51. The summed E-state index contributed by atoms with van der Waals surface area (Å²) in [5.74, 6) is 1.78. The second kappa shape index (κ2) is 10.6. The van der Waals surface area contributed by atoms with Gasteiger partial charge in [0, 0.05) is 55.0 Å². The maximum Gasteiger partial charge on any atom is 0.251 e. The van der Waals surface area contributed by atoms with Crippen molar-refractivity contribution >= 4 is 11.9 Å². The number of amides is 1. The van der Waals surface area contributed by atoms with Gasteiger partial charge in [0.15, 0.2) is 11.5 Å². The molecule has 4 rings (SSSR count). The smallest absolute Gasteiger partial charge is 0.251 e. The Bertz CT molecular complexity index is 1010. The van der Waals surface area contributed by atoms with E-state index in [9.17, 15) is 4.79 Å². The Morgan fingerprint density at radius 3 is 2.59 bits per heavy atom. The molecule has 32 heavy (non-hydrogen) atoms. The largest absolute Gasteiger partial charge is 0.490 e. The molecule has 1 N–H and O–H groups in total. The van der Waals surface area contributed by atoms with Crippen LogP contribution in [0.5, 0.6) is 11.5 Å². The Balaban J connectivity index is 1.35. The molecular weight excluding hydrogens is 406 g/mol. The molecule has 0 spiro atoms. The Labute approximate surface area is 187 Å². The van der Waals surface area contributed by atoms with Gasteiger partial charge in [-0.05, 0) is 50.1 Å². The lowest BCUT2D eigenvalue weighted by molar-refractivity contribution is 0.0930. The van der Waals surface area contributed by atoms with Gasteiger partial charge in [-0.3, -0.25) is 9.78 Å². The number of aromatic nitrogens is 3. The van der Waals surface area contributed by atoms with Crippen LogP contribution in [-0.4, -0.2) is 46.6 Å². The topological polar surface area (TPSA) is 89.5 Å². The summed E-state index contributed by atoms with van der Waals surface area (Å²) in [6, 6.07) is 11.0. The molecule has 0 saturated carbocycles. The van der Waals surface area contributed by atoms with Crippen molar-refractivity contribution in [2.75, 3.05) is 24.6 Å². The first kappa shape index (κ1) is 21.5. The SMILES string of the molecule is CCOc1cc(C(=O)NC2CCN(c3ncccn3)CC2)ccc1OCc1cccnc1. The fourth-order valence-electron chi connectivity index (χ4n) is 3.63. The van der Waals surface area contributed by atoms with Crippen molar-refractivity contribution in [3.63, 3.8) is 0 Å². The van der Waals surface area contributed by atoms with Crippen molar-refractivity contribution < 1.29 is 14.3 Å². The van der Waals surface area contributed by atoms with E-state index in [-0.39, 0.29) is 11.9 Å². The third-order valence-corrected chi connectivity index (χ3v) is 5.29. The van der Waals surface area contributed by atoms with Crippen LogP contribution >= 0.6 is 0 Å². The Kier molecular flexibility index (Phi) is 7.12. The van der Waals surface area contributed by atoms with Crippen LogP contribution in [0.15, 0.2) is 61.2 Å². The first-order valence-electron chi connectivity index (χ1n) is 10.8. The van der Waals surface area contributed by atoms with Crippen LogP contribution in [0.3, 0.4) is 0 Å². The van der Waals surface area contributed by atoms with Crippen molar-refractivity contribution in [1.82, 2.24) is 20.3 Å². The highest BCUT2D eigenvalue weighted by Gasteiger charge is 2.23. The molecule has 8 nitrogen and oxygen atoms in total. The van der Waals surface area contributed by atoms with E-state index in [1.165, 1.54) is 0 Å². The number of nitrogens with zero attached hydrogens (tertiary/aromatic N) is 4. The van der Waals surface area contributed by atoms with Gasteiger partial charge in [0.25, 0.3) is 5.91 Å². The fraction of sp³-hybridized carbons (Fsp3) is 0.333. The first-order valence-corrected chi connectivity index (χ1v) is 10.8. The van der Waals surface area contributed by atoms with Crippen LogP contribution in [0, 0.1) is 0 Å². The van der Waals surface area contributed by atoms with Gasteiger partial charge in [-0.1, -0.05) is 6.07 Å². The van der Waals surface area contributed by atoms with Crippen LogP contribution in [0.2, 0.25) is 0 Å². The molecule has 166 valence electrons. The molecule has 3 heterocycles. The number of pyridine rings is 1. The quantitative estimate of drug-likeness (QED) is 0.583. The number of ether oxygens (including phenoxy) is 2. The molecule has 1 saturated heterocycles. The van der Waals surface area contributed by atoms with E-state index in [4.69, 9.17) is 9.47 Å². The number of rotatable bonds is 8. The van der Waals surface area contributed by atoms with Crippen molar-refractivity contribution in [2.24, 2.45) is 0 Å². The molecule has 2 aromatic heterocycles. The van der Waals surface area contributed by atoms with Gasteiger partial charge < -0.3 is 19.7 Å². The molecule has 8 heteroatoms. The summed E-state index contributed by atoms with van der Waals surface area (Å²) in [6.45, 7) is 4.37. The molecule has 1 fully saturated rings. The minimum atomic E-state index is -0.112. The van der Waals surface area contributed by atoms with Gasteiger partial charge in [0.1, 0.15) is 6.61 Å². The third-order valence-electron chi connectivity index (χ3n) is 5.29. The zero-order valence-electron chi connectivity index (χ0n) is 18.1. The highest BCUT2D eigenvalue weighted by atomic mass is 16.5. The van der Waals surface area contributed by atoms with Crippen LogP contribution in [0.25, 0.3) is 0 Å². The molecule has 3 aromatic rings. The summed E-state index contributed by atoms with van der Waals surface area (Å²) in [7, 11) is 0. The second-order valence-corrected chi connectivity index (χ2v) is 7.53. The molecule has 0 unspecified atom stereocenters. The number of benzene rings is 1. The molecule has 0 bridgehead atoms. The number of carbonyl (C=O) groups is 1. The number of anilines is 1. The fourth-order valence-corrected chi connectivity index (χ4v) is 3.63. The first-order chi connectivity index (χ1) is 15.7. The minimum Gasteiger partial charge on any atom is -0.490 e. The molecule has 1 aliphatic rings. The van der Waals surface area contributed by atoms with Crippen LogP contribution < -0.4 is 19.7 Å². The van der Waals surface area contributed by atoms with E-state index < -0.39 is 0 Å². The van der Waals surface area contributed by atoms with E-state index in [1.807, 2.05) is 25.1 Å². The summed E-state index contributed by atoms with van der Waals surface area (Å²) >= 11 is 0. The van der Waals surface area contributed by atoms with Gasteiger partial charge in [0.2, 0.25) is 5.95 Å². The zero-order chi connectivity index (χ0) is 22.2. The van der Waals surface area contributed by atoms with Crippen molar-refractivity contribution in [2.45, 2.75) is 32.4 Å². The summed E-state index contributed by atoms with van der Waals surface area (Å²) < 4.78 is 11.6. The zero-order valence-corrected chi connectivity index (χ0v) is 18.1. The number of hydrogen-bond donors (Lipinski definition) is 1. The number of hydrogen-bond acceptors (Lipinski definition) is 7. The normalized spacial score (nSPS) is 14.1. The summed E-state index contributed by atoms with van der Waals surface area (Å²) in [5.41, 5.74) is 1.51. The average Bonchev–Trinajstić information content (AvgIpc) is 2.85. The summed E-state index contributed by atoms with van der Waals surface area (Å²) in [4.78, 5) is 27.7. The van der Waals surface area contributed by atoms with E-state index in [0.717, 1.165) is 37.4 Å². The second-order valence-electron chi connectivity index (χ2n) is 7.53. The van der Waals surface area contributed by atoms with Crippen molar-refractivity contribution in [3.05, 3.63) is 72.3 Å². The molecule has 0 radical (unpaired) electrons. The van der Waals surface area contributed by atoms with Gasteiger partial charge in [0.05, 0.1) is 6.61 Å². The lowest BCUT2D eigenvalue weighted by Crippen LogP contribution is -2.45. The lowest BCUT2D eigenvalue weighted by atomic mass is 10.0. The number of nitrogens with one attached hydrogen (secondary N) is 1. The Morgan fingerprint density at radius 1 is 1.06 bits per heavy atom. The highest BCUT2D eigenvalue weighted by molar-refractivity contribution is 5.95. The Morgan fingerprint density at radius 2 is 1.88 bits per heavy atom. The van der Waals surface area contributed by atoms with E-state index in [2.05, 4.69) is 25.2 Å². The van der Waals surface area contributed by atoms with E-state index in [1.54, 1.807) is 43.0 Å². The summed E-state index contributed by atoms with van der Waals surface area (Å²) in [6.07, 6.45) is 8.66. The predicted molar refractivity (Wildman–Crippen MR) is 121 cm³/mol. The van der Waals surface area contributed by atoms with E-state index in [0.29, 0.717) is 30.3 Å². The number of carbonyl (C=O) groups excluding carboxylic acids is 1. The number of piperidine rings is 1. The molecule has 1 amide bonds. The highest BCUT2D eigenvalue weighted by Crippen LogP contribution is 2.29. The lowest BCUT2D eigenvalue weighted by Gasteiger charge is -2.32. The van der Waals surface area contributed by atoms with Crippen molar-refractivity contribution in [1.29, 1.82) is 0 Å². The molecule has 1 aliphatic heterocycles. The van der Waals surface area contributed by atoms with Crippen LogP contribution in [-0.2, 0) is 6.61 Å². The molecule has 0 aliphatic carbocycles. The van der Waals surface area contributed by atoms with Crippen molar-refractivity contribution in [3.8, 4) is 11.5 Å². The molecule has 0 atom stereocenters. The summed E-state index contributed by atoms with van der Waals surface area (Å²) in [5, 5.41) is 3.14. The van der Waals surface area contributed by atoms with Gasteiger partial charge >= 0.3 is 0 Å². The van der Waals surface area contributed by atoms with Gasteiger partial charge in [-0.2, -0.15) is 0 Å². The Hall–Kier alpha value is -3.68. The van der Waals surface area contributed by atoms with Gasteiger partial charge in [-0.15, -0.1) is 0 Å². The average molecular weight is 434 g/mol. The standard InChI is InChI=1S/C24H27N5O3/c1-2-31-22-15-19(6-7-21(22)32-17-18-5-3-10-25-16-18)23(30)28-20-8-13-29(14-9-20)24-26-11-4-12-27-24/h3-7,10-12,15-16,20H,2,8-9,13-14,17H2,1H3,(H,28,30). The predicted octanol–water partition coefficient (Wildman–Crippen LogP) is 3.25. The molecular formula is C24H27N5O3. The van der Waals surface area contributed by atoms with E-state index >= 15 is 0 Å². The van der Waals surface area contributed by atoms with Crippen LogP contribution in [0.1, 0.15) is 35.7 Å².